The summed E-state index contributed by atoms with van der Waals surface area (Å²) in [6, 6.07) is 8.58. The number of ether oxygens (including phenoxy) is 1. The molecule has 0 radical (unpaired) electrons. The Labute approximate surface area is 138 Å². The lowest BCUT2D eigenvalue weighted by molar-refractivity contribution is -0.131. The first kappa shape index (κ1) is 17.3. The van der Waals surface area contributed by atoms with Crippen LogP contribution in [-0.2, 0) is 16.0 Å². The molecule has 0 bridgehead atoms. The van der Waals surface area contributed by atoms with Crippen LogP contribution >= 0.6 is 12.4 Å². The highest BCUT2D eigenvalue weighted by molar-refractivity contribution is 5.85. The molecule has 122 valence electrons. The molecule has 1 aliphatic heterocycles. The third-order valence-electron chi connectivity index (χ3n) is 4.68. The number of carbonyl (C=O) groups is 1. The highest BCUT2D eigenvalue weighted by Gasteiger charge is 2.30. The lowest BCUT2D eigenvalue weighted by Crippen LogP contribution is -2.38. The molecular weight excluding hydrogens is 300 g/mol. The van der Waals surface area contributed by atoms with Crippen molar-refractivity contribution in [3.05, 3.63) is 35.4 Å². The summed E-state index contributed by atoms with van der Waals surface area (Å²) < 4.78 is 5.64. The van der Waals surface area contributed by atoms with E-state index >= 15 is 0 Å². The summed E-state index contributed by atoms with van der Waals surface area (Å²) in [5.41, 5.74) is 8.42. The van der Waals surface area contributed by atoms with Crippen LogP contribution in [0.2, 0.25) is 0 Å². The molecule has 1 fully saturated rings. The molecule has 22 heavy (non-hydrogen) atoms. The van der Waals surface area contributed by atoms with Crippen LogP contribution in [-0.4, -0.2) is 31.2 Å². The van der Waals surface area contributed by atoms with Crippen molar-refractivity contribution in [1.29, 1.82) is 0 Å². The number of halogens is 1. The van der Waals surface area contributed by atoms with Crippen LogP contribution in [0, 0.1) is 0 Å². The monoisotopic (exact) mass is 324 g/mol. The highest BCUT2D eigenvalue weighted by atomic mass is 35.5. The molecular formula is C17H25ClN2O2. The van der Waals surface area contributed by atoms with Gasteiger partial charge in [0.2, 0.25) is 5.91 Å². The van der Waals surface area contributed by atoms with E-state index in [-0.39, 0.29) is 30.5 Å². The molecule has 3 N–H and O–H groups in total. The third-order valence-corrected chi connectivity index (χ3v) is 4.68. The minimum absolute atomic E-state index is 0. The first-order valence-corrected chi connectivity index (χ1v) is 7.99. The SMILES string of the molecule is Cl.NC[C@H]1CC[C@@H](C(=O)NCC2CCCc3ccccc32)O1. The summed E-state index contributed by atoms with van der Waals surface area (Å²) >= 11 is 0. The molecule has 1 aromatic rings. The van der Waals surface area contributed by atoms with Gasteiger partial charge in [-0.3, -0.25) is 4.79 Å². The number of fused-ring (bicyclic) bond motifs is 1. The van der Waals surface area contributed by atoms with Gasteiger partial charge in [0.05, 0.1) is 6.10 Å². The first-order chi connectivity index (χ1) is 10.3. The van der Waals surface area contributed by atoms with E-state index in [0.717, 1.165) is 25.7 Å². The normalized spacial score (nSPS) is 26.9. The fraction of sp³-hybridized carbons (Fsp3) is 0.588. The van der Waals surface area contributed by atoms with Crippen molar-refractivity contribution in [3.8, 4) is 0 Å². The zero-order chi connectivity index (χ0) is 14.7. The van der Waals surface area contributed by atoms with Crippen molar-refractivity contribution in [2.45, 2.75) is 50.2 Å². The van der Waals surface area contributed by atoms with Crippen molar-refractivity contribution < 1.29 is 9.53 Å². The lowest BCUT2D eigenvalue weighted by Gasteiger charge is -2.26. The second-order valence-corrected chi connectivity index (χ2v) is 6.09. The summed E-state index contributed by atoms with van der Waals surface area (Å²) in [5, 5.41) is 3.08. The minimum Gasteiger partial charge on any atom is -0.364 e. The van der Waals surface area contributed by atoms with Gasteiger partial charge in [0.25, 0.3) is 0 Å². The van der Waals surface area contributed by atoms with E-state index in [1.807, 2.05) is 0 Å². The van der Waals surface area contributed by atoms with E-state index in [0.29, 0.717) is 19.0 Å². The molecule has 1 unspecified atom stereocenters. The van der Waals surface area contributed by atoms with Gasteiger partial charge in [-0.15, -0.1) is 12.4 Å². The van der Waals surface area contributed by atoms with E-state index in [9.17, 15) is 4.79 Å². The van der Waals surface area contributed by atoms with Gasteiger partial charge in [-0.25, -0.2) is 0 Å². The van der Waals surface area contributed by atoms with Gasteiger partial charge in [0, 0.05) is 19.0 Å². The number of hydrogen-bond donors (Lipinski definition) is 2. The Morgan fingerprint density at radius 2 is 2.09 bits per heavy atom. The lowest BCUT2D eigenvalue weighted by atomic mass is 9.83. The first-order valence-electron chi connectivity index (χ1n) is 7.99. The van der Waals surface area contributed by atoms with E-state index in [1.54, 1.807) is 0 Å². The number of hydrogen-bond acceptors (Lipinski definition) is 3. The maximum Gasteiger partial charge on any atom is 0.249 e. The molecule has 0 spiro atoms. The minimum atomic E-state index is -0.308. The predicted octanol–water partition coefficient (Wildman–Crippen LogP) is 2.15. The molecule has 0 aromatic heterocycles. The number of benzene rings is 1. The number of carbonyl (C=O) groups excluding carboxylic acids is 1. The van der Waals surface area contributed by atoms with E-state index < -0.39 is 0 Å². The molecule has 1 aliphatic carbocycles. The summed E-state index contributed by atoms with van der Waals surface area (Å²) in [6.45, 7) is 1.21. The summed E-state index contributed by atoms with van der Waals surface area (Å²) in [7, 11) is 0. The zero-order valence-corrected chi connectivity index (χ0v) is 13.6. The van der Waals surface area contributed by atoms with Gasteiger partial charge in [0.1, 0.15) is 6.10 Å². The standard InChI is InChI=1S/C17H24N2O2.ClH/c18-10-14-8-9-16(21-14)17(20)19-11-13-6-3-5-12-4-1-2-7-15(12)13;/h1-2,4,7,13-14,16H,3,5-6,8-11,18H2,(H,19,20);1H/t13?,14-,16+;/m1./s1. The average molecular weight is 325 g/mol. The smallest absolute Gasteiger partial charge is 0.249 e. The Kier molecular flexibility index (Phi) is 6.24. The van der Waals surface area contributed by atoms with Gasteiger partial charge < -0.3 is 15.8 Å². The van der Waals surface area contributed by atoms with Gasteiger partial charge in [0.15, 0.2) is 0 Å². The molecule has 0 saturated carbocycles. The number of nitrogens with two attached hydrogens (primary N) is 1. The van der Waals surface area contributed by atoms with Crippen molar-refractivity contribution in [3.63, 3.8) is 0 Å². The van der Waals surface area contributed by atoms with Crippen molar-refractivity contribution >= 4 is 18.3 Å². The Morgan fingerprint density at radius 1 is 1.27 bits per heavy atom. The topological polar surface area (TPSA) is 64.4 Å². The summed E-state index contributed by atoms with van der Waals surface area (Å²) in [5.74, 6) is 0.458. The van der Waals surface area contributed by atoms with Crippen molar-refractivity contribution in [2.24, 2.45) is 5.73 Å². The van der Waals surface area contributed by atoms with Gasteiger partial charge in [-0.1, -0.05) is 24.3 Å². The maximum atomic E-state index is 12.2. The summed E-state index contributed by atoms with van der Waals surface area (Å²) in [6.07, 6.45) is 4.93. The van der Waals surface area contributed by atoms with E-state index in [2.05, 4.69) is 29.6 Å². The largest absolute Gasteiger partial charge is 0.364 e. The van der Waals surface area contributed by atoms with Crippen LogP contribution in [0.5, 0.6) is 0 Å². The van der Waals surface area contributed by atoms with Crippen molar-refractivity contribution in [1.82, 2.24) is 5.32 Å². The van der Waals surface area contributed by atoms with Crippen LogP contribution in [0.4, 0.5) is 0 Å². The van der Waals surface area contributed by atoms with Gasteiger partial charge in [-0.05, 0) is 43.2 Å². The van der Waals surface area contributed by atoms with Crippen LogP contribution in [0.3, 0.4) is 0 Å². The number of rotatable bonds is 4. The number of amides is 1. The Hall–Kier alpha value is -1.10. The molecule has 3 rings (SSSR count). The predicted molar refractivity (Wildman–Crippen MR) is 89.3 cm³/mol. The third kappa shape index (κ3) is 3.80. The Morgan fingerprint density at radius 3 is 2.86 bits per heavy atom. The average Bonchev–Trinajstić information content (AvgIpc) is 3.01. The molecule has 2 aliphatic rings. The molecule has 1 heterocycles. The highest BCUT2D eigenvalue weighted by Crippen LogP contribution is 2.31. The second-order valence-electron chi connectivity index (χ2n) is 6.09. The molecule has 4 nitrogen and oxygen atoms in total. The second kappa shape index (κ2) is 7.95. The van der Waals surface area contributed by atoms with Gasteiger partial charge in [-0.2, -0.15) is 0 Å². The quantitative estimate of drug-likeness (QED) is 0.892. The van der Waals surface area contributed by atoms with Crippen LogP contribution in [0.15, 0.2) is 24.3 Å². The molecule has 3 atom stereocenters. The van der Waals surface area contributed by atoms with Crippen LogP contribution in [0.25, 0.3) is 0 Å². The van der Waals surface area contributed by atoms with E-state index in [4.69, 9.17) is 10.5 Å². The Bertz CT molecular complexity index is 509. The molecule has 1 saturated heterocycles. The fourth-order valence-electron chi connectivity index (χ4n) is 3.48. The fourth-order valence-corrected chi connectivity index (χ4v) is 3.48. The van der Waals surface area contributed by atoms with E-state index in [1.165, 1.54) is 17.5 Å². The van der Waals surface area contributed by atoms with Crippen LogP contribution < -0.4 is 11.1 Å². The Balaban J connectivity index is 0.00000176. The molecule has 5 heteroatoms. The van der Waals surface area contributed by atoms with Crippen LogP contribution in [0.1, 0.15) is 42.7 Å². The van der Waals surface area contributed by atoms with Gasteiger partial charge >= 0.3 is 0 Å². The number of aryl methyl sites for hydroxylation is 1. The number of nitrogens with one attached hydrogen (secondary N) is 1. The molecule has 1 aromatic carbocycles. The van der Waals surface area contributed by atoms with Crippen molar-refractivity contribution in [2.75, 3.05) is 13.1 Å². The zero-order valence-electron chi connectivity index (χ0n) is 12.8. The molecule has 1 amide bonds. The summed E-state index contributed by atoms with van der Waals surface area (Å²) in [4.78, 5) is 12.2. The maximum absolute atomic E-state index is 12.2.